The Labute approximate surface area is 66.3 Å². The summed E-state index contributed by atoms with van der Waals surface area (Å²) in [5, 5.41) is 15.0. The van der Waals surface area contributed by atoms with Gasteiger partial charge in [-0.15, -0.1) is 21.5 Å². The Bertz CT molecular complexity index is 223. The Morgan fingerprint density at radius 2 is 2.60 bits per heavy atom. The highest BCUT2D eigenvalue weighted by atomic mass is 32.1. The number of carbonyl (C=O) groups is 1. The third-order valence-corrected chi connectivity index (χ3v) is 2.24. The molecule has 1 aromatic rings. The summed E-state index contributed by atoms with van der Waals surface area (Å²) >= 11 is 4.97. The fraction of sp³-hybridized carbons (Fsp3) is 0.250. The Balaban J connectivity index is 2.77. The first-order valence-corrected chi connectivity index (χ1v) is 3.78. The molecule has 0 radical (unpaired) electrons. The summed E-state index contributed by atoms with van der Waals surface area (Å²) in [6.45, 7) is 0. The monoisotopic (exact) mass is 176 g/mol. The van der Waals surface area contributed by atoms with E-state index < -0.39 is 11.2 Å². The van der Waals surface area contributed by atoms with Crippen molar-refractivity contribution in [1.29, 1.82) is 0 Å². The average molecular weight is 176 g/mol. The quantitative estimate of drug-likeness (QED) is 0.647. The summed E-state index contributed by atoms with van der Waals surface area (Å²) in [5.74, 6) is -1.000. The predicted molar refractivity (Wildman–Crippen MR) is 39.3 cm³/mol. The van der Waals surface area contributed by atoms with Gasteiger partial charge in [-0.2, -0.15) is 12.6 Å². The molecule has 0 amide bonds. The van der Waals surface area contributed by atoms with Gasteiger partial charge in [0.15, 0.2) is 5.25 Å². The number of rotatable bonds is 2. The van der Waals surface area contributed by atoms with Gasteiger partial charge in [0.05, 0.1) is 0 Å². The average Bonchev–Trinajstić information content (AvgIpc) is 2.36. The van der Waals surface area contributed by atoms with Crippen LogP contribution in [-0.2, 0) is 4.79 Å². The lowest BCUT2D eigenvalue weighted by molar-refractivity contribution is -0.136. The second kappa shape index (κ2) is 2.98. The summed E-state index contributed by atoms with van der Waals surface area (Å²) in [6.07, 6.45) is 0. The van der Waals surface area contributed by atoms with E-state index in [0.717, 1.165) is 0 Å². The van der Waals surface area contributed by atoms with Crippen molar-refractivity contribution in [2.24, 2.45) is 0 Å². The molecule has 0 bridgehead atoms. The number of carboxylic acids is 1. The molecule has 0 aliphatic rings. The van der Waals surface area contributed by atoms with Gasteiger partial charge in [-0.25, -0.2) is 0 Å². The predicted octanol–water partition coefficient (Wildman–Crippen LogP) is 0.594. The zero-order chi connectivity index (χ0) is 7.56. The second-order valence-corrected chi connectivity index (χ2v) is 2.90. The summed E-state index contributed by atoms with van der Waals surface area (Å²) in [6, 6.07) is 0. The standard InChI is InChI=1S/C4H4N2O2S2/c7-4(8)2(9)3-6-5-1-10-3/h1-2,9H,(H,7,8). The first-order valence-electron chi connectivity index (χ1n) is 2.38. The molecule has 1 N–H and O–H groups in total. The molecule has 0 aromatic carbocycles. The van der Waals surface area contributed by atoms with E-state index in [1.54, 1.807) is 0 Å². The fourth-order valence-corrected chi connectivity index (χ4v) is 1.17. The Morgan fingerprint density at radius 1 is 1.90 bits per heavy atom. The van der Waals surface area contributed by atoms with Crippen LogP contribution in [0.1, 0.15) is 10.3 Å². The van der Waals surface area contributed by atoms with Gasteiger partial charge in [-0.1, -0.05) is 0 Å². The third kappa shape index (κ3) is 1.45. The van der Waals surface area contributed by atoms with Crippen LogP contribution in [0.4, 0.5) is 0 Å². The number of carboxylic acid groups (broad SMARTS) is 1. The SMILES string of the molecule is O=C(O)C(S)c1nncs1. The molecule has 6 heteroatoms. The number of thiol groups is 1. The van der Waals surface area contributed by atoms with E-state index in [9.17, 15) is 4.79 Å². The van der Waals surface area contributed by atoms with E-state index in [0.29, 0.717) is 5.01 Å². The van der Waals surface area contributed by atoms with Crippen LogP contribution in [0.3, 0.4) is 0 Å². The number of nitrogens with zero attached hydrogens (tertiary/aromatic N) is 2. The van der Waals surface area contributed by atoms with Crippen LogP contribution in [0.5, 0.6) is 0 Å². The van der Waals surface area contributed by atoms with Crippen LogP contribution in [0, 0.1) is 0 Å². The summed E-state index contributed by atoms with van der Waals surface area (Å²) in [7, 11) is 0. The molecule has 0 saturated heterocycles. The molecule has 0 aliphatic heterocycles. The normalized spacial score (nSPS) is 12.9. The van der Waals surface area contributed by atoms with Crippen LogP contribution in [-0.4, -0.2) is 21.3 Å². The maximum absolute atomic E-state index is 10.3. The minimum absolute atomic E-state index is 0.413. The van der Waals surface area contributed by atoms with Crippen LogP contribution in [0.15, 0.2) is 5.51 Å². The lowest BCUT2D eigenvalue weighted by Gasteiger charge is -1.96. The van der Waals surface area contributed by atoms with Gasteiger partial charge in [-0.3, -0.25) is 4.79 Å². The van der Waals surface area contributed by atoms with Crippen molar-refractivity contribution in [2.45, 2.75) is 5.25 Å². The van der Waals surface area contributed by atoms with Gasteiger partial charge in [0.25, 0.3) is 0 Å². The molecule has 0 fully saturated rings. The van der Waals surface area contributed by atoms with Crippen molar-refractivity contribution in [1.82, 2.24) is 10.2 Å². The van der Waals surface area contributed by atoms with Crippen molar-refractivity contribution in [3.05, 3.63) is 10.5 Å². The van der Waals surface area contributed by atoms with Gasteiger partial charge in [-0.05, 0) is 0 Å². The maximum Gasteiger partial charge on any atom is 0.323 e. The molecule has 0 spiro atoms. The first-order chi connectivity index (χ1) is 4.72. The maximum atomic E-state index is 10.3. The van der Waals surface area contributed by atoms with Gasteiger partial charge in [0.1, 0.15) is 10.5 Å². The molecule has 1 atom stereocenters. The summed E-state index contributed by atoms with van der Waals surface area (Å²) < 4.78 is 0. The molecule has 1 unspecified atom stereocenters. The molecule has 0 aliphatic carbocycles. The van der Waals surface area contributed by atoms with E-state index in [4.69, 9.17) is 5.11 Å². The highest BCUT2D eigenvalue weighted by molar-refractivity contribution is 7.81. The van der Waals surface area contributed by atoms with E-state index in [2.05, 4.69) is 22.8 Å². The number of hydrogen-bond donors (Lipinski definition) is 2. The smallest absolute Gasteiger partial charge is 0.323 e. The van der Waals surface area contributed by atoms with E-state index in [-0.39, 0.29) is 0 Å². The van der Waals surface area contributed by atoms with E-state index >= 15 is 0 Å². The Kier molecular flexibility index (Phi) is 2.23. The zero-order valence-corrected chi connectivity index (χ0v) is 6.47. The van der Waals surface area contributed by atoms with Gasteiger partial charge < -0.3 is 5.11 Å². The molecule has 0 saturated carbocycles. The van der Waals surface area contributed by atoms with E-state index in [1.165, 1.54) is 16.8 Å². The highest BCUT2D eigenvalue weighted by Gasteiger charge is 2.17. The molecule has 54 valence electrons. The molecular weight excluding hydrogens is 172 g/mol. The van der Waals surface area contributed by atoms with E-state index in [1.807, 2.05) is 0 Å². The fourth-order valence-electron chi connectivity index (χ4n) is 0.406. The zero-order valence-electron chi connectivity index (χ0n) is 4.76. The Hall–Kier alpha value is -0.620. The minimum atomic E-state index is -1.000. The lowest BCUT2D eigenvalue weighted by atomic mass is 10.4. The molecular formula is C4H4N2O2S2. The minimum Gasteiger partial charge on any atom is -0.480 e. The van der Waals surface area contributed by atoms with Crippen molar-refractivity contribution >= 4 is 29.9 Å². The molecule has 4 nitrogen and oxygen atoms in total. The summed E-state index contributed by atoms with van der Waals surface area (Å²) in [5.41, 5.74) is 1.47. The Morgan fingerprint density at radius 3 is 3.00 bits per heavy atom. The van der Waals surface area contributed by atoms with Crippen LogP contribution >= 0.6 is 24.0 Å². The van der Waals surface area contributed by atoms with Gasteiger partial charge in [0, 0.05) is 0 Å². The summed E-state index contributed by atoms with van der Waals surface area (Å²) in [4.78, 5) is 10.3. The van der Waals surface area contributed by atoms with Crippen molar-refractivity contribution in [3.63, 3.8) is 0 Å². The number of aromatic nitrogens is 2. The van der Waals surface area contributed by atoms with Gasteiger partial charge >= 0.3 is 5.97 Å². The second-order valence-electron chi connectivity index (χ2n) is 1.52. The van der Waals surface area contributed by atoms with Crippen LogP contribution in [0.25, 0.3) is 0 Å². The molecule has 1 aromatic heterocycles. The molecule has 1 heterocycles. The third-order valence-electron chi connectivity index (χ3n) is 0.845. The van der Waals surface area contributed by atoms with Crippen LogP contribution < -0.4 is 0 Å². The largest absolute Gasteiger partial charge is 0.480 e. The van der Waals surface area contributed by atoms with Crippen LogP contribution in [0.2, 0.25) is 0 Å². The number of hydrogen-bond acceptors (Lipinski definition) is 5. The molecule has 1 rings (SSSR count). The highest BCUT2D eigenvalue weighted by Crippen LogP contribution is 2.20. The van der Waals surface area contributed by atoms with Crippen molar-refractivity contribution in [3.8, 4) is 0 Å². The van der Waals surface area contributed by atoms with Crippen molar-refractivity contribution in [2.75, 3.05) is 0 Å². The van der Waals surface area contributed by atoms with Crippen molar-refractivity contribution < 1.29 is 9.90 Å². The number of aliphatic carboxylic acids is 1. The molecule has 10 heavy (non-hydrogen) atoms. The first kappa shape index (κ1) is 7.49. The van der Waals surface area contributed by atoms with Gasteiger partial charge in [0.2, 0.25) is 0 Å². The lowest BCUT2D eigenvalue weighted by Crippen LogP contribution is -2.04. The topological polar surface area (TPSA) is 63.1 Å².